The first-order chi connectivity index (χ1) is 9.70. The SMILES string of the molecule is CC.CNc1cc(C(=O)CNC2CCCCC2N)[nH]n1. The fourth-order valence-corrected chi connectivity index (χ4v) is 2.32. The molecule has 0 aromatic carbocycles. The van der Waals surface area contributed by atoms with Crippen molar-refractivity contribution in [3.63, 3.8) is 0 Å². The molecule has 114 valence electrons. The van der Waals surface area contributed by atoms with Crippen LogP contribution in [0.2, 0.25) is 0 Å². The first kappa shape index (κ1) is 16.7. The van der Waals surface area contributed by atoms with Gasteiger partial charge < -0.3 is 16.4 Å². The lowest BCUT2D eigenvalue weighted by Crippen LogP contribution is -2.48. The number of H-pyrrole nitrogens is 1. The minimum absolute atomic E-state index is 0.0155. The Labute approximate surface area is 120 Å². The van der Waals surface area contributed by atoms with E-state index in [1.165, 1.54) is 12.8 Å². The predicted molar refractivity (Wildman–Crippen MR) is 82.0 cm³/mol. The standard InChI is InChI=1S/C12H21N5O.C2H6/c1-14-12-6-10(16-17-12)11(18)7-15-9-5-3-2-4-8(9)13;1-2/h6,8-9,15H,2-5,7,13H2,1H3,(H2,14,16,17);1-2H3. The number of rotatable bonds is 5. The van der Waals surface area contributed by atoms with Crippen LogP contribution >= 0.6 is 0 Å². The van der Waals surface area contributed by atoms with E-state index in [0.29, 0.717) is 18.1 Å². The molecule has 6 nitrogen and oxygen atoms in total. The summed E-state index contributed by atoms with van der Waals surface area (Å²) in [4.78, 5) is 11.9. The van der Waals surface area contributed by atoms with Gasteiger partial charge in [-0.05, 0) is 12.8 Å². The van der Waals surface area contributed by atoms with Gasteiger partial charge in [-0.3, -0.25) is 9.89 Å². The minimum Gasteiger partial charge on any atom is -0.372 e. The Balaban J connectivity index is 0.000000956. The van der Waals surface area contributed by atoms with Gasteiger partial charge in [-0.25, -0.2) is 0 Å². The highest BCUT2D eigenvalue weighted by molar-refractivity contribution is 5.96. The van der Waals surface area contributed by atoms with E-state index in [2.05, 4.69) is 20.8 Å². The molecule has 0 aliphatic heterocycles. The van der Waals surface area contributed by atoms with Crippen molar-refractivity contribution in [2.24, 2.45) is 5.73 Å². The molecular weight excluding hydrogens is 254 g/mol. The smallest absolute Gasteiger partial charge is 0.194 e. The van der Waals surface area contributed by atoms with Crippen LogP contribution in [0.4, 0.5) is 5.82 Å². The third kappa shape index (κ3) is 4.61. The molecular formula is C14H27N5O. The molecule has 0 saturated heterocycles. The summed E-state index contributed by atoms with van der Waals surface area (Å²) in [5.41, 5.74) is 6.55. The molecule has 5 N–H and O–H groups in total. The third-order valence-corrected chi connectivity index (χ3v) is 3.48. The van der Waals surface area contributed by atoms with E-state index in [-0.39, 0.29) is 17.9 Å². The number of Topliss-reactive ketones (excluding diaryl/α,β-unsaturated/α-hetero) is 1. The van der Waals surface area contributed by atoms with E-state index in [1.807, 2.05) is 13.8 Å². The summed E-state index contributed by atoms with van der Waals surface area (Å²) in [6.45, 7) is 4.31. The van der Waals surface area contributed by atoms with Crippen LogP contribution in [0.3, 0.4) is 0 Å². The number of nitrogens with zero attached hydrogens (tertiary/aromatic N) is 1. The molecule has 1 saturated carbocycles. The van der Waals surface area contributed by atoms with Gasteiger partial charge >= 0.3 is 0 Å². The minimum atomic E-state index is 0.0155. The van der Waals surface area contributed by atoms with Gasteiger partial charge in [-0.2, -0.15) is 5.10 Å². The van der Waals surface area contributed by atoms with E-state index in [4.69, 9.17) is 5.73 Å². The monoisotopic (exact) mass is 281 g/mol. The van der Waals surface area contributed by atoms with Crippen LogP contribution in [-0.4, -0.2) is 41.7 Å². The first-order valence-electron chi connectivity index (χ1n) is 7.46. The number of aromatic nitrogens is 2. The number of carbonyl (C=O) groups is 1. The maximum absolute atomic E-state index is 11.9. The lowest BCUT2D eigenvalue weighted by Gasteiger charge is -2.29. The number of hydrogen-bond donors (Lipinski definition) is 4. The Morgan fingerprint density at radius 1 is 1.45 bits per heavy atom. The number of anilines is 1. The van der Waals surface area contributed by atoms with Gasteiger partial charge in [-0.15, -0.1) is 0 Å². The van der Waals surface area contributed by atoms with E-state index >= 15 is 0 Å². The summed E-state index contributed by atoms with van der Waals surface area (Å²) in [6.07, 6.45) is 4.48. The van der Waals surface area contributed by atoms with Crippen LogP contribution < -0.4 is 16.4 Å². The second kappa shape index (κ2) is 8.71. The molecule has 1 aromatic heterocycles. The summed E-state index contributed by atoms with van der Waals surface area (Å²) in [5, 5.41) is 12.8. The van der Waals surface area contributed by atoms with Gasteiger partial charge in [0.2, 0.25) is 0 Å². The van der Waals surface area contributed by atoms with Crippen molar-refractivity contribution < 1.29 is 4.79 Å². The average Bonchev–Trinajstić information content (AvgIpc) is 2.97. The van der Waals surface area contributed by atoms with Gasteiger partial charge in [0.15, 0.2) is 5.78 Å². The van der Waals surface area contributed by atoms with Crippen LogP contribution in [-0.2, 0) is 0 Å². The third-order valence-electron chi connectivity index (χ3n) is 3.48. The largest absolute Gasteiger partial charge is 0.372 e. The van der Waals surface area contributed by atoms with Crippen molar-refractivity contribution in [1.29, 1.82) is 0 Å². The van der Waals surface area contributed by atoms with Crippen molar-refractivity contribution in [2.45, 2.75) is 51.6 Å². The van der Waals surface area contributed by atoms with Gasteiger partial charge in [0.1, 0.15) is 11.5 Å². The van der Waals surface area contributed by atoms with Crippen LogP contribution in [0.1, 0.15) is 50.0 Å². The highest BCUT2D eigenvalue weighted by Gasteiger charge is 2.22. The lowest BCUT2D eigenvalue weighted by molar-refractivity contribution is 0.0978. The zero-order chi connectivity index (χ0) is 15.0. The van der Waals surface area contributed by atoms with Crippen LogP contribution in [0.5, 0.6) is 0 Å². The van der Waals surface area contributed by atoms with Crippen molar-refractivity contribution in [2.75, 3.05) is 18.9 Å². The molecule has 0 bridgehead atoms. The Kier molecular flexibility index (Phi) is 7.25. The van der Waals surface area contributed by atoms with Gasteiger partial charge in [0, 0.05) is 25.2 Å². The molecule has 1 fully saturated rings. The number of aromatic amines is 1. The van der Waals surface area contributed by atoms with Crippen molar-refractivity contribution in [3.8, 4) is 0 Å². The molecule has 1 aliphatic carbocycles. The Bertz CT molecular complexity index is 404. The number of nitrogens with one attached hydrogen (secondary N) is 3. The molecule has 0 spiro atoms. The van der Waals surface area contributed by atoms with E-state index in [0.717, 1.165) is 12.8 Å². The van der Waals surface area contributed by atoms with E-state index in [1.54, 1.807) is 13.1 Å². The normalized spacial score (nSPS) is 21.8. The van der Waals surface area contributed by atoms with Gasteiger partial charge in [0.05, 0.1) is 6.54 Å². The van der Waals surface area contributed by atoms with Crippen molar-refractivity contribution in [1.82, 2.24) is 15.5 Å². The molecule has 6 heteroatoms. The highest BCUT2D eigenvalue weighted by Crippen LogP contribution is 2.16. The van der Waals surface area contributed by atoms with Gasteiger partial charge in [-0.1, -0.05) is 26.7 Å². The topological polar surface area (TPSA) is 95.8 Å². The number of ketones is 1. The van der Waals surface area contributed by atoms with Crippen LogP contribution in [0, 0.1) is 0 Å². The van der Waals surface area contributed by atoms with Crippen LogP contribution in [0.15, 0.2) is 6.07 Å². The maximum Gasteiger partial charge on any atom is 0.194 e. The van der Waals surface area contributed by atoms with Gasteiger partial charge in [0.25, 0.3) is 0 Å². The zero-order valence-electron chi connectivity index (χ0n) is 12.7. The number of hydrogen-bond acceptors (Lipinski definition) is 5. The summed E-state index contributed by atoms with van der Waals surface area (Å²) in [5.74, 6) is 0.689. The average molecular weight is 281 g/mol. The zero-order valence-corrected chi connectivity index (χ0v) is 12.7. The molecule has 2 unspecified atom stereocenters. The van der Waals surface area contributed by atoms with E-state index < -0.39 is 0 Å². The second-order valence-electron chi connectivity index (χ2n) is 4.78. The Hall–Kier alpha value is -1.40. The summed E-state index contributed by atoms with van der Waals surface area (Å²) in [7, 11) is 1.77. The molecule has 2 rings (SSSR count). The van der Waals surface area contributed by atoms with Crippen LogP contribution in [0.25, 0.3) is 0 Å². The molecule has 1 aromatic rings. The molecule has 1 heterocycles. The molecule has 0 amide bonds. The fourth-order valence-electron chi connectivity index (χ4n) is 2.32. The molecule has 2 atom stereocenters. The Morgan fingerprint density at radius 2 is 2.15 bits per heavy atom. The lowest BCUT2D eigenvalue weighted by atomic mass is 9.91. The van der Waals surface area contributed by atoms with Crippen molar-refractivity contribution in [3.05, 3.63) is 11.8 Å². The summed E-state index contributed by atoms with van der Waals surface area (Å²) < 4.78 is 0. The number of nitrogens with two attached hydrogens (primary N) is 1. The molecule has 0 radical (unpaired) electrons. The number of carbonyl (C=O) groups excluding carboxylic acids is 1. The quantitative estimate of drug-likeness (QED) is 0.614. The highest BCUT2D eigenvalue weighted by atomic mass is 16.1. The Morgan fingerprint density at radius 3 is 2.75 bits per heavy atom. The summed E-state index contributed by atoms with van der Waals surface area (Å²) in [6, 6.07) is 2.14. The first-order valence-corrected chi connectivity index (χ1v) is 7.46. The van der Waals surface area contributed by atoms with E-state index in [9.17, 15) is 4.79 Å². The molecule has 20 heavy (non-hydrogen) atoms. The van der Waals surface area contributed by atoms with Crippen molar-refractivity contribution >= 4 is 11.6 Å². The molecule has 1 aliphatic rings. The second-order valence-corrected chi connectivity index (χ2v) is 4.78. The fraction of sp³-hybridized carbons (Fsp3) is 0.714. The maximum atomic E-state index is 11.9. The predicted octanol–water partition coefficient (Wildman–Crippen LogP) is 1.52. The summed E-state index contributed by atoms with van der Waals surface area (Å²) >= 11 is 0.